The van der Waals surface area contributed by atoms with Crippen molar-refractivity contribution in [2.45, 2.75) is 0 Å². The Kier molecular flexibility index (Phi) is 5.53. The van der Waals surface area contributed by atoms with Crippen molar-refractivity contribution in [3.63, 3.8) is 0 Å². The maximum atomic E-state index is 2.22. The Morgan fingerprint density at radius 1 is 0.400 bits per heavy atom. The van der Waals surface area contributed by atoms with Gasteiger partial charge in [-0.3, -0.25) is 0 Å². The first-order valence-corrected chi connectivity index (χ1v) is 7.69. The Morgan fingerprint density at radius 3 is 0.900 bits per heavy atom. The number of rotatable bonds is 3. The molecule has 3 rings (SSSR count). The van der Waals surface area contributed by atoms with Crippen LogP contribution in [0.25, 0.3) is 0 Å². The second-order valence-corrected chi connectivity index (χ2v) is 6.47. The van der Waals surface area contributed by atoms with Crippen molar-refractivity contribution in [1.29, 1.82) is 0 Å². The van der Waals surface area contributed by atoms with E-state index >= 15 is 0 Å². The van der Waals surface area contributed by atoms with Gasteiger partial charge in [0.1, 0.15) is 0 Å². The minimum absolute atomic E-state index is 0. The molecule has 0 saturated carbocycles. The van der Waals surface area contributed by atoms with E-state index in [0.717, 1.165) is 0 Å². The molecule has 0 heterocycles. The van der Waals surface area contributed by atoms with Crippen molar-refractivity contribution in [3.05, 3.63) is 91.0 Å². The van der Waals surface area contributed by atoms with Gasteiger partial charge in [-0.2, -0.15) is 9.90 Å². The van der Waals surface area contributed by atoms with Crippen LogP contribution in [0.5, 0.6) is 0 Å². The topological polar surface area (TPSA) is 0 Å². The van der Waals surface area contributed by atoms with Crippen molar-refractivity contribution >= 4 is 23.5 Å². The fourth-order valence-electron chi connectivity index (χ4n) is 1.84. The van der Waals surface area contributed by atoms with Crippen LogP contribution in [-0.2, 0) is 13.4 Å². The SMILES string of the molecule is P.c1cc[c]([Ni]([c]2ccccc2)[c]2ccccc2)cc1. The number of benzene rings is 3. The second kappa shape index (κ2) is 7.39. The zero-order valence-corrected chi connectivity index (χ0v) is 13.6. The summed E-state index contributed by atoms with van der Waals surface area (Å²) in [6.45, 7) is 0. The third-order valence-corrected chi connectivity index (χ3v) is 5.38. The molecule has 0 aliphatic rings. The zero-order valence-electron chi connectivity index (χ0n) is 11.2. The van der Waals surface area contributed by atoms with E-state index in [4.69, 9.17) is 0 Å². The summed E-state index contributed by atoms with van der Waals surface area (Å²) in [7, 11) is 0. The van der Waals surface area contributed by atoms with Crippen molar-refractivity contribution < 1.29 is 13.4 Å². The molecular formula is C18H18NiP. The summed E-state index contributed by atoms with van der Waals surface area (Å²) in [6.07, 6.45) is 0. The van der Waals surface area contributed by atoms with Crippen LogP contribution < -0.4 is 13.6 Å². The van der Waals surface area contributed by atoms with Gasteiger partial charge in [-0.25, -0.2) is 0 Å². The standard InChI is InChI=1S/3C6H5.Ni.H3P/c3*1-2-4-6-5-3-1;;/h3*1-5H;;1H3. The van der Waals surface area contributed by atoms with E-state index in [-0.39, 0.29) is 23.3 Å². The quantitative estimate of drug-likeness (QED) is 0.513. The molecule has 0 saturated heterocycles. The summed E-state index contributed by atoms with van der Waals surface area (Å²) in [5.74, 6) is 0. The molecule has 0 aliphatic carbocycles. The molecule has 20 heavy (non-hydrogen) atoms. The van der Waals surface area contributed by atoms with Crippen LogP contribution >= 0.6 is 9.90 Å². The van der Waals surface area contributed by atoms with E-state index < -0.39 is 0 Å². The Balaban J connectivity index is 0.00000147. The van der Waals surface area contributed by atoms with Crippen molar-refractivity contribution in [1.82, 2.24) is 0 Å². The van der Waals surface area contributed by atoms with Gasteiger partial charge in [-0.1, -0.05) is 0 Å². The van der Waals surface area contributed by atoms with Crippen LogP contribution in [0, 0.1) is 0 Å². The van der Waals surface area contributed by atoms with E-state index in [1.807, 2.05) is 0 Å². The third-order valence-electron chi connectivity index (χ3n) is 2.69. The fourth-order valence-corrected chi connectivity index (χ4v) is 4.39. The van der Waals surface area contributed by atoms with Crippen LogP contribution in [-0.4, -0.2) is 0 Å². The summed E-state index contributed by atoms with van der Waals surface area (Å²) < 4.78 is 4.12. The van der Waals surface area contributed by atoms with Crippen LogP contribution in [0.3, 0.4) is 0 Å². The summed E-state index contributed by atoms with van der Waals surface area (Å²) in [4.78, 5) is 0. The van der Waals surface area contributed by atoms with Crippen LogP contribution in [0.4, 0.5) is 0 Å². The van der Waals surface area contributed by atoms with Gasteiger partial charge in [0.2, 0.25) is 0 Å². The molecule has 2 heteroatoms. The van der Waals surface area contributed by atoms with Gasteiger partial charge < -0.3 is 0 Å². The molecule has 0 spiro atoms. The van der Waals surface area contributed by atoms with E-state index in [0.29, 0.717) is 0 Å². The second-order valence-electron chi connectivity index (χ2n) is 4.02. The normalized spacial score (nSPS) is 10.5. The van der Waals surface area contributed by atoms with Gasteiger partial charge in [0.15, 0.2) is 0 Å². The molecule has 1 unspecified atom stereocenters. The molecule has 0 aliphatic heterocycles. The first kappa shape index (κ1) is 15.0. The van der Waals surface area contributed by atoms with E-state index in [1.54, 1.807) is 0 Å². The molecule has 105 valence electrons. The Labute approximate surface area is 128 Å². The van der Waals surface area contributed by atoms with Gasteiger partial charge in [-0.05, 0) is 0 Å². The summed E-state index contributed by atoms with van der Waals surface area (Å²) >= 11 is -0.176. The molecule has 0 aromatic heterocycles. The Hall–Kier alpha value is -1.42. The van der Waals surface area contributed by atoms with Crippen LogP contribution in [0.1, 0.15) is 0 Å². The van der Waals surface area contributed by atoms with Gasteiger partial charge >= 0.3 is 118 Å². The first-order chi connectivity index (χ1) is 9.45. The molecule has 0 bridgehead atoms. The third kappa shape index (κ3) is 3.37. The van der Waals surface area contributed by atoms with E-state index in [2.05, 4.69) is 91.0 Å². The van der Waals surface area contributed by atoms with Gasteiger partial charge in [-0.15, -0.1) is 0 Å². The van der Waals surface area contributed by atoms with Gasteiger partial charge in [0.25, 0.3) is 0 Å². The summed E-state index contributed by atoms with van der Waals surface area (Å²) in [6, 6.07) is 32.2. The first-order valence-electron chi connectivity index (χ1n) is 6.21. The average Bonchev–Trinajstić information content (AvgIpc) is 2.51. The molecule has 0 nitrogen and oxygen atoms in total. The maximum absolute atomic E-state index is 2.22. The van der Waals surface area contributed by atoms with Gasteiger partial charge in [0.05, 0.1) is 0 Å². The molecule has 0 N–H and O–H groups in total. The monoisotopic (exact) mass is 323 g/mol. The van der Waals surface area contributed by atoms with Crippen molar-refractivity contribution in [2.24, 2.45) is 0 Å². The zero-order chi connectivity index (χ0) is 12.9. The molecule has 0 radical (unpaired) electrons. The van der Waals surface area contributed by atoms with Crippen LogP contribution in [0.15, 0.2) is 91.0 Å². The summed E-state index contributed by atoms with van der Waals surface area (Å²) in [5.41, 5.74) is 0. The predicted octanol–water partition coefficient (Wildman–Crippen LogP) is 2.64. The fraction of sp³-hybridized carbons (Fsp3) is 0. The summed E-state index contributed by atoms with van der Waals surface area (Å²) in [5, 5.41) is 0. The Morgan fingerprint density at radius 2 is 0.650 bits per heavy atom. The molecular weight excluding hydrogens is 306 g/mol. The van der Waals surface area contributed by atoms with E-state index in [1.165, 1.54) is 13.6 Å². The average molecular weight is 324 g/mol. The number of hydrogen-bond donors (Lipinski definition) is 0. The molecule has 3 aromatic rings. The van der Waals surface area contributed by atoms with E-state index in [9.17, 15) is 0 Å². The number of hydrogen-bond acceptors (Lipinski definition) is 0. The molecule has 1 atom stereocenters. The Bertz CT molecular complexity index is 529. The minimum atomic E-state index is -0.176. The van der Waals surface area contributed by atoms with Crippen LogP contribution in [0.2, 0.25) is 0 Å². The van der Waals surface area contributed by atoms with Gasteiger partial charge in [0, 0.05) is 0 Å². The predicted molar refractivity (Wildman–Crippen MR) is 89.3 cm³/mol. The van der Waals surface area contributed by atoms with Crippen molar-refractivity contribution in [3.8, 4) is 0 Å². The van der Waals surface area contributed by atoms with Crippen molar-refractivity contribution in [2.75, 3.05) is 0 Å². The molecule has 0 amide bonds. The molecule has 3 aromatic carbocycles. The molecule has 0 fully saturated rings.